The Morgan fingerprint density at radius 2 is 1.95 bits per heavy atom. The van der Waals surface area contributed by atoms with E-state index in [0.29, 0.717) is 13.0 Å². The van der Waals surface area contributed by atoms with Crippen LogP contribution in [-0.4, -0.2) is 15.7 Å². The van der Waals surface area contributed by atoms with E-state index in [9.17, 15) is 4.79 Å². The van der Waals surface area contributed by atoms with Gasteiger partial charge in [-0.1, -0.05) is 25.1 Å². The molecule has 0 saturated heterocycles. The monoisotopic (exact) mass is 257 g/mol. The molecule has 0 aliphatic carbocycles. The highest BCUT2D eigenvalue weighted by Gasteiger charge is 2.12. The Balaban J connectivity index is 2.27. The third kappa shape index (κ3) is 2.84. The van der Waals surface area contributed by atoms with Gasteiger partial charge in [0.25, 0.3) is 0 Å². The molecule has 4 nitrogen and oxygen atoms in total. The molecule has 0 aliphatic heterocycles. The number of carbonyl (C=O) groups excluding carboxylic acids is 1. The average molecular weight is 257 g/mol. The van der Waals surface area contributed by atoms with Gasteiger partial charge in [-0.2, -0.15) is 5.10 Å². The molecule has 0 fully saturated rings. The van der Waals surface area contributed by atoms with E-state index in [1.165, 1.54) is 0 Å². The Bertz CT molecular complexity index is 573. The van der Waals surface area contributed by atoms with Crippen molar-refractivity contribution < 1.29 is 4.79 Å². The molecular weight excluding hydrogens is 238 g/mol. The molecule has 0 bridgehead atoms. The van der Waals surface area contributed by atoms with Crippen molar-refractivity contribution in [1.82, 2.24) is 15.1 Å². The molecule has 0 saturated carbocycles. The topological polar surface area (TPSA) is 46.9 Å². The zero-order valence-electron chi connectivity index (χ0n) is 11.6. The molecule has 4 heteroatoms. The van der Waals surface area contributed by atoms with Crippen LogP contribution >= 0.6 is 0 Å². The summed E-state index contributed by atoms with van der Waals surface area (Å²) in [5, 5.41) is 7.45. The first-order valence-corrected chi connectivity index (χ1v) is 6.50. The maximum atomic E-state index is 11.3. The number of aryl methyl sites for hydroxylation is 1. The lowest BCUT2D eigenvalue weighted by atomic mass is 10.2. The summed E-state index contributed by atoms with van der Waals surface area (Å²) >= 11 is 0. The number of aromatic nitrogens is 2. The summed E-state index contributed by atoms with van der Waals surface area (Å²) < 4.78 is 1.92. The summed E-state index contributed by atoms with van der Waals surface area (Å²) in [7, 11) is 0. The third-order valence-electron chi connectivity index (χ3n) is 3.23. The van der Waals surface area contributed by atoms with Crippen molar-refractivity contribution in [1.29, 1.82) is 0 Å². The van der Waals surface area contributed by atoms with Gasteiger partial charge in [0.05, 0.1) is 11.4 Å². The molecular formula is C15H19N3O. The predicted molar refractivity (Wildman–Crippen MR) is 75.2 cm³/mol. The minimum atomic E-state index is 0.0614. The zero-order chi connectivity index (χ0) is 13.8. The van der Waals surface area contributed by atoms with Crippen molar-refractivity contribution in [2.45, 2.75) is 33.7 Å². The number of benzene rings is 1. The molecule has 1 aromatic carbocycles. The van der Waals surface area contributed by atoms with Crippen LogP contribution in [0, 0.1) is 13.8 Å². The van der Waals surface area contributed by atoms with Crippen molar-refractivity contribution in [3.63, 3.8) is 0 Å². The van der Waals surface area contributed by atoms with Crippen LogP contribution in [-0.2, 0) is 11.3 Å². The largest absolute Gasteiger partial charge is 0.352 e. The third-order valence-corrected chi connectivity index (χ3v) is 3.23. The van der Waals surface area contributed by atoms with E-state index in [2.05, 4.69) is 10.4 Å². The molecule has 0 spiro atoms. The number of hydrogen-bond acceptors (Lipinski definition) is 2. The zero-order valence-corrected chi connectivity index (χ0v) is 11.6. The summed E-state index contributed by atoms with van der Waals surface area (Å²) in [5.74, 6) is 0.0614. The SMILES string of the molecule is CCC(=O)NCc1c(C)nn(-c2ccccc2)c1C. The van der Waals surface area contributed by atoms with Gasteiger partial charge >= 0.3 is 0 Å². The standard InChI is InChI=1S/C15H19N3O/c1-4-15(19)16-10-14-11(2)17-18(12(14)3)13-8-6-5-7-9-13/h5-9H,4,10H2,1-3H3,(H,16,19). The molecule has 0 radical (unpaired) electrons. The number of carbonyl (C=O) groups is 1. The number of rotatable bonds is 4. The molecule has 2 aromatic rings. The van der Waals surface area contributed by atoms with Crippen molar-refractivity contribution in [3.05, 3.63) is 47.3 Å². The summed E-state index contributed by atoms with van der Waals surface area (Å²) in [6, 6.07) is 10.0. The predicted octanol–water partition coefficient (Wildman–Crippen LogP) is 2.52. The Labute approximate surface area is 113 Å². The first-order valence-electron chi connectivity index (χ1n) is 6.50. The van der Waals surface area contributed by atoms with Crippen molar-refractivity contribution in [2.24, 2.45) is 0 Å². The lowest BCUT2D eigenvalue weighted by molar-refractivity contribution is -0.120. The van der Waals surface area contributed by atoms with Crippen molar-refractivity contribution in [3.8, 4) is 5.69 Å². The molecule has 19 heavy (non-hydrogen) atoms. The average Bonchev–Trinajstić information content (AvgIpc) is 2.72. The van der Waals surface area contributed by atoms with Crippen molar-refractivity contribution in [2.75, 3.05) is 0 Å². The fourth-order valence-corrected chi connectivity index (χ4v) is 2.06. The Hall–Kier alpha value is -2.10. The lowest BCUT2D eigenvalue weighted by Crippen LogP contribution is -2.22. The maximum Gasteiger partial charge on any atom is 0.219 e. The van der Waals surface area contributed by atoms with Crippen LogP contribution in [0.2, 0.25) is 0 Å². The van der Waals surface area contributed by atoms with Gasteiger partial charge in [0.1, 0.15) is 0 Å². The van der Waals surface area contributed by atoms with Gasteiger partial charge in [0.15, 0.2) is 0 Å². The number of para-hydroxylation sites is 1. The first-order chi connectivity index (χ1) is 9.13. The second kappa shape index (κ2) is 5.69. The van der Waals surface area contributed by atoms with Gasteiger partial charge in [-0.05, 0) is 26.0 Å². The van der Waals surface area contributed by atoms with E-state index in [-0.39, 0.29) is 5.91 Å². The highest BCUT2D eigenvalue weighted by molar-refractivity contribution is 5.75. The van der Waals surface area contributed by atoms with Crippen LogP contribution in [0.5, 0.6) is 0 Å². The van der Waals surface area contributed by atoms with E-state index in [1.807, 2.05) is 55.8 Å². The second-order valence-electron chi connectivity index (χ2n) is 4.53. The van der Waals surface area contributed by atoms with Crippen molar-refractivity contribution >= 4 is 5.91 Å². The summed E-state index contributed by atoms with van der Waals surface area (Å²) in [4.78, 5) is 11.3. The van der Waals surface area contributed by atoms with Gasteiger partial charge in [-0.3, -0.25) is 4.79 Å². The number of nitrogens with zero attached hydrogens (tertiary/aromatic N) is 2. The van der Waals surface area contributed by atoms with Crippen LogP contribution in [0.1, 0.15) is 30.3 Å². The summed E-state index contributed by atoms with van der Waals surface area (Å²) in [6.45, 7) is 6.39. The summed E-state index contributed by atoms with van der Waals surface area (Å²) in [6.07, 6.45) is 0.505. The highest BCUT2D eigenvalue weighted by atomic mass is 16.1. The van der Waals surface area contributed by atoms with Crippen LogP contribution < -0.4 is 5.32 Å². The Morgan fingerprint density at radius 1 is 1.26 bits per heavy atom. The lowest BCUT2D eigenvalue weighted by Gasteiger charge is -2.06. The first kappa shape index (κ1) is 13.3. The summed E-state index contributed by atoms with van der Waals surface area (Å²) in [5.41, 5.74) is 4.15. The fraction of sp³-hybridized carbons (Fsp3) is 0.333. The number of nitrogens with one attached hydrogen (secondary N) is 1. The molecule has 1 aromatic heterocycles. The van der Waals surface area contributed by atoms with E-state index in [1.54, 1.807) is 0 Å². The minimum Gasteiger partial charge on any atom is -0.352 e. The smallest absolute Gasteiger partial charge is 0.219 e. The fourth-order valence-electron chi connectivity index (χ4n) is 2.06. The quantitative estimate of drug-likeness (QED) is 0.914. The molecule has 0 aliphatic rings. The second-order valence-corrected chi connectivity index (χ2v) is 4.53. The highest BCUT2D eigenvalue weighted by Crippen LogP contribution is 2.17. The number of hydrogen-bond donors (Lipinski definition) is 1. The van der Waals surface area contributed by atoms with E-state index in [0.717, 1.165) is 22.6 Å². The van der Waals surface area contributed by atoms with E-state index >= 15 is 0 Å². The van der Waals surface area contributed by atoms with Gasteiger partial charge in [0.2, 0.25) is 5.91 Å². The molecule has 2 rings (SSSR count). The van der Waals surface area contributed by atoms with Gasteiger partial charge in [-0.15, -0.1) is 0 Å². The molecule has 0 atom stereocenters. The van der Waals surface area contributed by atoms with Crippen LogP contribution in [0.3, 0.4) is 0 Å². The molecule has 1 amide bonds. The minimum absolute atomic E-state index is 0.0614. The molecule has 1 N–H and O–H groups in total. The Kier molecular flexibility index (Phi) is 4.00. The molecule has 0 unspecified atom stereocenters. The number of amides is 1. The molecule has 100 valence electrons. The van der Waals surface area contributed by atoms with Gasteiger partial charge in [0, 0.05) is 24.2 Å². The van der Waals surface area contributed by atoms with E-state index < -0.39 is 0 Å². The maximum absolute atomic E-state index is 11.3. The normalized spacial score (nSPS) is 10.5. The van der Waals surface area contributed by atoms with Crippen LogP contribution in [0.15, 0.2) is 30.3 Å². The van der Waals surface area contributed by atoms with Crippen LogP contribution in [0.4, 0.5) is 0 Å². The molecule has 1 heterocycles. The van der Waals surface area contributed by atoms with Gasteiger partial charge in [-0.25, -0.2) is 4.68 Å². The van der Waals surface area contributed by atoms with E-state index in [4.69, 9.17) is 0 Å². The Morgan fingerprint density at radius 3 is 2.58 bits per heavy atom. The van der Waals surface area contributed by atoms with Gasteiger partial charge < -0.3 is 5.32 Å². The van der Waals surface area contributed by atoms with Crippen LogP contribution in [0.25, 0.3) is 5.69 Å².